The number of carbonyl (C=O) groups is 1. The van der Waals surface area contributed by atoms with Crippen molar-refractivity contribution in [1.29, 1.82) is 0 Å². The number of amides is 1. The van der Waals surface area contributed by atoms with E-state index in [0.29, 0.717) is 12.0 Å². The fraction of sp³-hybridized carbons (Fsp3) is 0.760. The Morgan fingerprint density at radius 3 is 2.53 bits per heavy atom. The number of ether oxygens (including phenoxy) is 1. The number of hydrogen-bond acceptors (Lipinski definition) is 4. The smallest absolute Gasteiger partial charge is 0.416 e. The van der Waals surface area contributed by atoms with E-state index in [1.807, 2.05) is 37.9 Å². The molecule has 0 radical (unpaired) electrons. The van der Waals surface area contributed by atoms with E-state index in [-0.39, 0.29) is 12.1 Å². The predicted molar refractivity (Wildman–Crippen MR) is 123 cm³/mol. The molecule has 1 saturated carbocycles. The van der Waals surface area contributed by atoms with Gasteiger partial charge in [-0.1, -0.05) is 45.6 Å². The summed E-state index contributed by atoms with van der Waals surface area (Å²) in [6, 6.07) is 4.70. The van der Waals surface area contributed by atoms with Crippen molar-refractivity contribution >= 4 is 11.9 Å². The number of hydrogen-bond donors (Lipinski definition) is 0. The third-order valence-electron chi connectivity index (χ3n) is 6.15. The first-order chi connectivity index (χ1) is 14.3. The molecule has 0 unspecified atom stereocenters. The Bertz CT molecular complexity index is 692. The Labute approximate surface area is 183 Å². The van der Waals surface area contributed by atoms with Crippen molar-refractivity contribution in [3.63, 3.8) is 0 Å². The van der Waals surface area contributed by atoms with Crippen LogP contribution in [-0.2, 0) is 4.74 Å². The third-order valence-corrected chi connectivity index (χ3v) is 6.15. The fourth-order valence-corrected chi connectivity index (χ4v) is 4.96. The minimum atomic E-state index is -0.520. The zero-order valence-electron chi connectivity index (χ0n) is 19.7. The second kappa shape index (κ2) is 10.1. The van der Waals surface area contributed by atoms with E-state index < -0.39 is 5.60 Å². The zero-order chi connectivity index (χ0) is 21.7. The maximum atomic E-state index is 13.4. The van der Waals surface area contributed by atoms with Crippen LogP contribution >= 0.6 is 0 Å². The molecule has 1 aliphatic carbocycles. The minimum Gasteiger partial charge on any atom is -0.443 e. The van der Waals surface area contributed by atoms with Gasteiger partial charge in [-0.3, -0.25) is 9.80 Å². The highest BCUT2D eigenvalue weighted by Gasteiger charge is 2.35. The Morgan fingerprint density at radius 2 is 1.87 bits per heavy atom. The average Bonchev–Trinajstić information content (AvgIpc) is 2.68. The number of aromatic nitrogens is 1. The lowest BCUT2D eigenvalue weighted by atomic mass is 9.92. The number of rotatable bonds is 5. The largest absolute Gasteiger partial charge is 0.443 e. The summed E-state index contributed by atoms with van der Waals surface area (Å²) in [6.45, 7) is 12.6. The lowest BCUT2D eigenvalue weighted by molar-refractivity contribution is 0.0554. The zero-order valence-corrected chi connectivity index (χ0v) is 19.7. The van der Waals surface area contributed by atoms with E-state index in [4.69, 9.17) is 9.72 Å². The molecule has 5 nitrogen and oxygen atoms in total. The van der Waals surface area contributed by atoms with Gasteiger partial charge in [-0.2, -0.15) is 0 Å². The van der Waals surface area contributed by atoms with Gasteiger partial charge >= 0.3 is 6.09 Å². The molecule has 1 aromatic rings. The van der Waals surface area contributed by atoms with Crippen molar-refractivity contribution < 1.29 is 9.53 Å². The standard InChI is InChI=1S/C25H41N3O2/c1-19(2)18-27-17-10-9-15-22(27)21-14-11-16-26-23(21)28(20-12-7-6-8-13-20)24(29)30-25(3,4)5/h11,14,16,19-20,22H,6-10,12-13,15,17-18H2,1-5H3/t22-/m1/s1. The molecule has 2 heterocycles. The van der Waals surface area contributed by atoms with Gasteiger partial charge in [0.15, 0.2) is 0 Å². The van der Waals surface area contributed by atoms with E-state index in [1.165, 1.54) is 24.8 Å². The first-order valence-corrected chi connectivity index (χ1v) is 12.0. The molecule has 0 N–H and O–H groups in total. The molecule has 30 heavy (non-hydrogen) atoms. The van der Waals surface area contributed by atoms with Crippen molar-refractivity contribution in [3.8, 4) is 0 Å². The summed E-state index contributed by atoms with van der Waals surface area (Å²) in [5, 5.41) is 0. The molecule has 1 saturated heterocycles. The predicted octanol–water partition coefficient (Wildman–Crippen LogP) is 6.34. The molecular formula is C25H41N3O2. The number of anilines is 1. The topological polar surface area (TPSA) is 45.7 Å². The highest BCUT2D eigenvalue weighted by Crippen LogP contribution is 2.38. The van der Waals surface area contributed by atoms with Crippen molar-refractivity contribution in [2.45, 2.75) is 104 Å². The molecule has 5 heteroatoms. The molecular weight excluding hydrogens is 374 g/mol. The molecule has 1 aliphatic heterocycles. The van der Waals surface area contributed by atoms with Gasteiger partial charge in [0.2, 0.25) is 0 Å². The molecule has 0 spiro atoms. The molecule has 1 aromatic heterocycles. The van der Waals surface area contributed by atoms with Crippen LogP contribution in [0.25, 0.3) is 0 Å². The quantitative estimate of drug-likeness (QED) is 0.563. The molecule has 1 atom stereocenters. The van der Waals surface area contributed by atoms with E-state index in [2.05, 4.69) is 24.8 Å². The highest BCUT2D eigenvalue weighted by molar-refractivity contribution is 5.88. The van der Waals surface area contributed by atoms with E-state index in [9.17, 15) is 4.79 Å². The Hall–Kier alpha value is -1.62. The fourth-order valence-electron chi connectivity index (χ4n) is 4.96. The maximum Gasteiger partial charge on any atom is 0.416 e. The molecule has 1 amide bonds. The summed E-state index contributed by atoms with van der Waals surface area (Å²) >= 11 is 0. The van der Waals surface area contributed by atoms with Crippen LogP contribution in [0.1, 0.15) is 97.6 Å². The van der Waals surface area contributed by atoms with Crippen molar-refractivity contribution in [1.82, 2.24) is 9.88 Å². The monoisotopic (exact) mass is 415 g/mol. The number of nitrogens with zero attached hydrogens (tertiary/aromatic N) is 3. The number of carbonyl (C=O) groups excluding carboxylic acids is 1. The maximum absolute atomic E-state index is 13.4. The molecule has 2 aliphatic rings. The third kappa shape index (κ3) is 5.96. The van der Waals surface area contributed by atoms with Gasteiger partial charge in [0.1, 0.15) is 11.4 Å². The summed E-state index contributed by atoms with van der Waals surface area (Å²) in [7, 11) is 0. The lowest BCUT2D eigenvalue weighted by Crippen LogP contribution is -2.46. The van der Waals surface area contributed by atoms with Crippen LogP contribution in [0, 0.1) is 5.92 Å². The van der Waals surface area contributed by atoms with Gasteiger partial charge in [0.05, 0.1) is 0 Å². The first kappa shape index (κ1) is 23.1. The van der Waals surface area contributed by atoms with E-state index in [1.54, 1.807) is 0 Å². The first-order valence-electron chi connectivity index (χ1n) is 12.0. The molecule has 2 fully saturated rings. The SMILES string of the molecule is CC(C)CN1CCCC[C@@H]1c1cccnc1N(C(=O)OC(C)(C)C)C1CCCCC1. The van der Waals surface area contributed by atoms with Gasteiger partial charge < -0.3 is 4.74 Å². The van der Waals surface area contributed by atoms with Crippen molar-refractivity contribution in [2.24, 2.45) is 5.92 Å². The Kier molecular flexibility index (Phi) is 7.78. The van der Waals surface area contributed by atoms with Crippen molar-refractivity contribution in [3.05, 3.63) is 23.9 Å². The minimum absolute atomic E-state index is 0.171. The summed E-state index contributed by atoms with van der Waals surface area (Å²) in [5.41, 5.74) is 0.669. The van der Waals surface area contributed by atoms with E-state index in [0.717, 1.165) is 51.0 Å². The van der Waals surface area contributed by atoms with Crippen LogP contribution in [0.3, 0.4) is 0 Å². The van der Waals surface area contributed by atoms with Crippen LogP contribution in [0.4, 0.5) is 10.6 Å². The van der Waals surface area contributed by atoms with E-state index >= 15 is 0 Å². The highest BCUT2D eigenvalue weighted by atomic mass is 16.6. The Balaban J connectivity index is 1.98. The average molecular weight is 416 g/mol. The molecule has 3 rings (SSSR count). The van der Waals surface area contributed by atoms with Crippen LogP contribution in [-0.4, -0.2) is 40.7 Å². The van der Waals surface area contributed by atoms with Gasteiger partial charge in [0.25, 0.3) is 0 Å². The van der Waals surface area contributed by atoms with Gasteiger partial charge in [-0.25, -0.2) is 9.78 Å². The number of pyridine rings is 1. The van der Waals surface area contributed by atoms with Gasteiger partial charge in [0, 0.05) is 30.4 Å². The Morgan fingerprint density at radius 1 is 1.17 bits per heavy atom. The second-order valence-electron chi connectivity index (χ2n) is 10.5. The summed E-state index contributed by atoms with van der Waals surface area (Å²) in [5.74, 6) is 1.44. The molecule has 168 valence electrons. The molecule has 0 bridgehead atoms. The number of piperidine rings is 1. The number of likely N-dealkylation sites (tertiary alicyclic amines) is 1. The summed E-state index contributed by atoms with van der Waals surface area (Å²) in [6.07, 6.45) is 10.8. The van der Waals surface area contributed by atoms with Crippen molar-refractivity contribution in [2.75, 3.05) is 18.0 Å². The van der Waals surface area contributed by atoms with Gasteiger partial charge in [-0.15, -0.1) is 0 Å². The van der Waals surface area contributed by atoms with Crippen LogP contribution in [0.5, 0.6) is 0 Å². The lowest BCUT2D eigenvalue weighted by Gasteiger charge is -2.40. The second-order valence-corrected chi connectivity index (χ2v) is 10.5. The summed E-state index contributed by atoms with van der Waals surface area (Å²) in [4.78, 5) is 22.7. The van der Waals surface area contributed by atoms with Crippen LogP contribution in [0.2, 0.25) is 0 Å². The van der Waals surface area contributed by atoms with Crippen LogP contribution in [0.15, 0.2) is 18.3 Å². The normalized spacial score (nSPS) is 21.6. The molecule has 0 aromatic carbocycles. The summed E-state index contributed by atoms with van der Waals surface area (Å²) < 4.78 is 5.87. The van der Waals surface area contributed by atoms with Gasteiger partial charge in [-0.05, 0) is 65.0 Å². The van der Waals surface area contributed by atoms with Crippen LogP contribution < -0.4 is 4.90 Å².